The number of unbranched alkanes of at least 4 members (excludes halogenated alkanes) is 1. The van der Waals surface area contributed by atoms with Gasteiger partial charge in [0.2, 0.25) is 0 Å². The zero-order valence-electron chi connectivity index (χ0n) is 16.2. The predicted octanol–water partition coefficient (Wildman–Crippen LogP) is 4.06. The summed E-state index contributed by atoms with van der Waals surface area (Å²) in [6.07, 6.45) is 1.82. The Balaban J connectivity index is 0.00000729. The van der Waals surface area contributed by atoms with Crippen LogP contribution >= 0.6 is 35.6 Å². The third kappa shape index (κ3) is 12.5. The smallest absolute Gasteiger partial charge is 0.387 e. The summed E-state index contributed by atoms with van der Waals surface area (Å²) in [5.41, 5.74) is 0.492. The summed E-state index contributed by atoms with van der Waals surface area (Å²) >= 11 is 5.95. The van der Waals surface area contributed by atoms with Crippen molar-refractivity contribution in [3.05, 3.63) is 28.8 Å². The van der Waals surface area contributed by atoms with Crippen molar-refractivity contribution in [3.8, 4) is 5.75 Å². The molecule has 0 unspecified atom stereocenters. The Morgan fingerprint density at radius 2 is 1.96 bits per heavy atom. The molecule has 28 heavy (non-hydrogen) atoms. The predicted molar refractivity (Wildman–Crippen MR) is 118 cm³/mol. The molecule has 0 spiro atoms. The van der Waals surface area contributed by atoms with Crippen LogP contribution in [0.1, 0.15) is 25.3 Å². The number of aliphatic imine (C=N–C) groups is 1. The molecule has 1 rings (SSSR count). The number of halogens is 4. The number of methoxy groups -OCH3 is 1. The lowest BCUT2D eigenvalue weighted by Crippen LogP contribution is -2.37. The standard InChI is InChI=1S/C18H28ClF2N3O3.HI/c1-3-22-18(23-8-4-5-9-26-11-10-25-2)24-13-14-12-15(19)6-7-16(14)27-17(20)21;/h6-7,12,17H,3-5,8-11,13H2,1-2H3,(H2,22,23,24);1H. The normalized spacial score (nSPS) is 11.3. The highest BCUT2D eigenvalue weighted by atomic mass is 127. The fraction of sp³-hybridized carbons (Fsp3) is 0.611. The van der Waals surface area contributed by atoms with Gasteiger partial charge in [-0.15, -0.1) is 24.0 Å². The molecule has 1 aromatic rings. The maximum atomic E-state index is 12.5. The third-order valence-corrected chi connectivity index (χ3v) is 3.67. The van der Waals surface area contributed by atoms with E-state index in [0.717, 1.165) is 19.4 Å². The monoisotopic (exact) mass is 535 g/mol. The summed E-state index contributed by atoms with van der Waals surface area (Å²) in [7, 11) is 1.64. The van der Waals surface area contributed by atoms with Crippen molar-refractivity contribution in [1.29, 1.82) is 0 Å². The van der Waals surface area contributed by atoms with Gasteiger partial charge in [-0.2, -0.15) is 8.78 Å². The van der Waals surface area contributed by atoms with Gasteiger partial charge in [0.25, 0.3) is 0 Å². The van der Waals surface area contributed by atoms with Crippen LogP contribution in [0.4, 0.5) is 8.78 Å². The van der Waals surface area contributed by atoms with E-state index in [1.165, 1.54) is 12.1 Å². The van der Waals surface area contributed by atoms with E-state index in [0.29, 0.717) is 42.9 Å². The van der Waals surface area contributed by atoms with Gasteiger partial charge in [-0.1, -0.05) is 11.6 Å². The SMILES string of the molecule is CCNC(=NCc1cc(Cl)ccc1OC(F)F)NCCCCOCCOC.I. The second-order valence-electron chi connectivity index (χ2n) is 5.56. The zero-order chi connectivity index (χ0) is 19.9. The molecule has 0 bridgehead atoms. The number of hydrogen-bond donors (Lipinski definition) is 2. The van der Waals surface area contributed by atoms with Crippen molar-refractivity contribution in [3.63, 3.8) is 0 Å². The highest BCUT2D eigenvalue weighted by Crippen LogP contribution is 2.25. The summed E-state index contributed by atoms with van der Waals surface area (Å²) in [6.45, 7) is 2.48. The van der Waals surface area contributed by atoms with E-state index >= 15 is 0 Å². The molecule has 6 nitrogen and oxygen atoms in total. The maximum Gasteiger partial charge on any atom is 0.387 e. The minimum Gasteiger partial charge on any atom is -0.434 e. The van der Waals surface area contributed by atoms with Crippen LogP contribution in [-0.2, 0) is 16.0 Å². The van der Waals surface area contributed by atoms with Crippen LogP contribution in [0.15, 0.2) is 23.2 Å². The van der Waals surface area contributed by atoms with E-state index < -0.39 is 6.61 Å². The van der Waals surface area contributed by atoms with Crippen molar-refractivity contribution in [2.24, 2.45) is 4.99 Å². The molecule has 2 N–H and O–H groups in total. The van der Waals surface area contributed by atoms with Gasteiger partial charge in [-0.05, 0) is 38.0 Å². The third-order valence-electron chi connectivity index (χ3n) is 3.43. The summed E-state index contributed by atoms with van der Waals surface area (Å²) in [5, 5.41) is 6.76. The molecule has 0 aliphatic carbocycles. The second kappa shape index (κ2) is 17.0. The second-order valence-corrected chi connectivity index (χ2v) is 6.00. The lowest BCUT2D eigenvalue weighted by molar-refractivity contribution is -0.0504. The van der Waals surface area contributed by atoms with E-state index in [1.54, 1.807) is 13.2 Å². The van der Waals surface area contributed by atoms with Crippen LogP contribution in [0.5, 0.6) is 5.75 Å². The van der Waals surface area contributed by atoms with Gasteiger partial charge in [-0.3, -0.25) is 0 Å². The molecule has 0 fully saturated rings. The van der Waals surface area contributed by atoms with Gasteiger partial charge in [0.1, 0.15) is 5.75 Å². The number of rotatable bonds is 13. The van der Waals surface area contributed by atoms with Gasteiger partial charge in [0.05, 0.1) is 19.8 Å². The minimum atomic E-state index is -2.90. The van der Waals surface area contributed by atoms with Crippen LogP contribution in [-0.4, -0.2) is 52.6 Å². The number of nitrogens with one attached hydrogen (secondary N) is 2. The molecule has 0 saturated heterocycles. The average molecular weight is 536 g/mol. The van der Waals surface area contributed by atoms with Gasteiger partial charge < -0.3 is 24.8 Å². The molecule has 0 aliphatic heterocycles. The van der Waals surface area contributed by atoms with Crippen molar-refractivity contribution >= 4 is 41.5 Å². The summed E-state index contributed by atoms with van der Waals surface area (Å²) < 4.78 is 39.9. The number of nitrogens with zero attached hydrogens (tertiary/aromatic N) is 1. The van der Waals surface area contributed by atoms with E-state index in [-0.39, 0.29) is 36.3 Å². The van der Waals surface area contributed by atoms with Crippen molar-refractivity contribution < 1.29 is 23.0 Å². The Labute approximate surface area is 187 Å². The lowest BCUT2D eigenvalue weighted by atomic mass is 10.2. The van der Waals surface area contributed by atoms with Crippen molar-refractivity contribution in [1.82, 2.24) is 10.6 Å². The molecular weight excluding hydrogens is 507 g/mol. The molecule has 0 radical (unpaired) electrons. The summed E-state index contributed by atoms with van der Waals surface area (Å²) in [6, 6.07) is 4.50. The molecule has 0 heterocycles. The Morgan fingerprint density at radius 1 is 1.18 bits per heavy atom. The molecule has 0 saturated carbocycles. The van der Waals surface area contributed by atoms with Crippen LogP contribution < -0.4 is 15.4 Å². The van der Waals surface area contributed by atoms with E-state index in [2.05, 4.69) is 20.4 Å². The van der Waals surface area contributed by atoms with Crippen LogP contribution in [0.3, 0.4) is 0 Å². The fourth-order valence-electron chi connectivity index (χ4n) is 2.17. The molecule has 0 atom stereocenters. The van der Waals surface area contributed by atoms with Gasteiger partial charge in [0, 0.05) is 37.4 Å². The quantitative estimate of drug-likeness (QED) is 0.173. The maximum absolute atomic E-state index is 12.5. The van der Waals surface area contributed by atoms with E-state index in [9.17, 15) is 8.78 Å². The fourth-order valence-corrected chi connectivity index (χ4v) is 2.36. The topological polar surface area (TPSA) is 64.1 Å². The van der Waals surface area contributed by atoms with Crippen LogP contribution in [0, 0.1) is 0 Å². The number of ether oxygens (including phenoxy) is 3. The first-order valence-corrected chi connectivity index (χ1v) is 9.26. The lowest BCUT2D eigenvalue weighted by Gasteiger charge is -2.13. The largest absolute Gasteiger partial charge is 0.434 e. The molecule has 0 amide bonds. The van der Waals surface area contributed by atoms with Gasteiger partial charge in [-0.25, -0.2) is 4.99 Å². The molecule has 0 aromatic heterocycles. The van der Waals surface area contributed by atoms with E-state index in [1.807, 2.05) is 6.92 Å². The molecule has 0 aliphatic rings. The Hall–Kier alpha value is -0.910. The average Bonchev–Trinajstić information content (AvgIpc) is 2.63. The molecule has 1 aromatic carbocycles. The summed E-state index contributed by atoms with van der Waals surface area (Å²) in [4.78, 5) is 4.41. The highest BCUT2D eigenvalue weighted by molar-refractivity contribution is 14.0. The summed E-state index contributed by atoms with van der Waals surface area (Å²) in [5.74, 6) is 0.669. The zero-order valence-corrected chi connectivity index (χ0v) is 19.3. The van der Waals surface area contributed by atoms with Gasteiger partial charge in [0.15, 0.2) is 5.96 Å². The first-order valence-electron chi connectivity index (χ1n) is 8.89. The Kier molecular flexibility index (Phi) is 16.4. The van der Waals surface area contributed by atoms with Crippen LogP contribution in [0.2, 0.25) is 5.02 Å². The first kappa shape index (κ1) is 27.1. The highest BCUT2D eigenvalue weighted by Gasteiger charge is 2.10. The first-order chi connectivity index (χ1) is 13.1. The van der Waals surface area contributed by atoms with E-state index in [4.69, 9.17) is 21.1 Å². The molecular formula is C18H29ClF2IN3O3. The number of hydrogen-bond acceptors (Lipinski definition) is 4. The van der Waals surface area contributed by atoms with Gasteiger partial charge >= 0.3 is 6.61 Å². The Bertz CT molecular complexity index is 569. The number of benzene rings is 1. The van der Waals surface area contributed by atoms with Crippen LogP contribution in [0.25, 0.3) is 0 Å². The number of guanidine groups is 1. The molecule has 162 valence electrons. The number of alkyl halides is 2. The van der Waals surface area contributed by atoms with Crippen molar-refractivity contribution in [2.75, 3.05) is 40.0 Å². The molecule has 10 heteroatoms. The van der Waals surface area contributed by atoms with Crippen molar-refractivity contribution in [2.45, 2.75) is 32.9 Å². The minimum absolute atomic E-state index is 0. The Morgan fingerprint density at radius 3 is 2.64 bits per heavy atom.